The van der Waals surface area contributed by atoms with E-state index in [-0.39, 0.29) is 25.7 Å². The lowest BCUT2D eigenvalue weighted by molar-refractivity contribution is 0.0763. The van der Waals surface area contributed by atoms with Gasteiger partial charge >= 0.3 is 0 Å². The number of nitrogens with one attached hydrogen (secondary N) is 1. The summed E-state index contributed by atoms with van der Waals surface area (Å²) < 4.78 is 24.9. The van der Waals surface area contributed by atoms with E-state index in [2.05, 4.69) is 17.4 Å². The second-order valence-corrected chi connectivity index (χ2v) is 4.96. The summed E-state index contributed by atoms with van der Waals surface area (Å²) >= 11 is 0. The van der Waals surface area contributed by atoms with Crippen molar-refractivity contribution in [2.45, 2.75) is 25.8 Å². The van der Waals surface area contributed by atoms with Crippen LogP contribution in [0.1, 0.15) is 23.6 Å². The molecule has 114 valence electrons. The van der Waals surface area contributed by atoms with Gasteiger partial charge in [-0.1, -0.05) is 29.8 Å². The quantitative estimate of drug-likeness (QED) is 0.730. The van der Waals surface area contributed by atoms with Gasteiger partial charge in [-0.05, 0) is 26.0 Å². The highest BCUT2D eigenvalue weighted by Gasteiger charge is 2.15. The topological polar surface area (TPSA) is 35.5 Å². The summed E-state index contributed by atoms with van der Waals surface area (Å²) in [6.07, 6.45) is -1.64. The molecule has 20 heavy (non-hydrogen) atoms. The minimum atomic E-state index is -2.37. The van der Waals surface area contributed by atoms with Crippen LogP contribution in [0.15, 0.2) is 24.3 Å². The average molecular weight is 286 g/mol. The molecular formula is C15H24F2N2O. The Morgan fingerprint density at radius 3 is 2.35 bits per heavy atom. The van der Waals surface area contributed by atoms with Gasteiger partial charge in [0.05, 0.1) is 13.2 Å². The van der Waals surface area contributed by atoms with E-state index in [1.54, 1.807) is 4.90 Å². The first-order valence-corrected chi connectivity index (χ1v) is 6.92. The highest BCUT2D eigenvalue weighted by molar-refractivity contribution is 5.24. The number of rotatable bonds is 9. The van der Waals surface area contributed by atoms with Gasteiger partial charge in [0, 0.05) is 19.1 Å². The fraction of sp³-hybridized carbons (Fsp3) is 0.600. The van der Waals surface area contributed by atoms with Crippen molar-refractivity contribution in [1.29, 1.82) is 0 Å². The molecule has 0 aliphatic heterocycles. The van der Waals surface area contributed by atoms with E-state index in [9.17, 15) is 8.78 Å². The number of aliphatic hydroxyl groups is 1. The van der Waals surface area contributed by atoms with Gasteiger partial charge < -0.3 is 10.4 Å². The first kappa shape index (κ1) is 17.0. The Morgan fingerprint density at radius 1 is 1.20 bits per heavy atom. The molecule has 0 aromatic heterocycles. The third-order valence-corrected chi connectivity index (χ3v) is 3.37. The molecule has 3 nitrogen and oxygen atoms in total. The molecule has 0 heterocycles. The molecular weight excluding hydrogens is 262 g/mol. The van der Waals surface area contributed by atoms with Gasteiger partial charge in [0.25, 0.3) is 6.43 Å². The molecule has 0 radical (unpaired) electrons. The number of halogens is 2. The van der Waals surface area contributed by atoms with Crippen LogP contribution in [0, 0.1) is 6.92 Å². The Labute approximate surface area is 119 Å². The van der Waals surface area contributed by atoms with Crippen molar-refractivity contribution in [2.24, 2.45) is 0 Å². The van der Waals surface area contributed by atoms with Crippen LogP contribution in [-0.4, -0.2) is 49.7 Å². The number of benzene rings is 1. The molecule has 0 aliphatic rings. The van der Waals surface area contributed by atoms with Crippen LogP contribution in [0.2, 0.25) is 0 Å². The van der Waals surface area contributed by atoms with Crippen molar-refractivity contribution in [3.8, 4) is 0 Å². The van der Waals surface area contributed by atoms with Crippen LogP contribution in [0.5, 0.6) is 0 Å². The monoisotopic (exact) mass is 286 g/mol. The number of aryl methyl sites for hydroxylation is 1. The lowest BCUT2D eigenvalue weighted by Crippen LogP contribution is -2.34. The SMILES string of the molecule is CNC(CCN(CCO)CC(F)F)c1ccc(C)cc1. The van der Waals surface area contributed by atoms with E-state index in [1.165, 1.54) is 5.56 Å². The number of nitrogens with zero attached hydrogens (tertiary/aromatic N) is 1. The van der Waals surface area contributed by atoms with Crippen LogP contribution in [-0.2, 0) is 0 Å². The van der Waals surface area contributed by atoms with E-state index in [4.69, 9.17) is 5.11 Å². The zero-order valence-corrected chi connectivity index (χ0v) is 12.1. The van der Waals surface area contributed by atoms with Gasteiger partial charge in [0.15, 0.2) is 0 Å². The molecule has 1 aromatic carbocycles. The molecule has 1 unspecified atom stereocenters. The smallest absolute Gasteiger partial charge is 0.251 e. The third-order valence-electron chi connectivity index (χ3n) is 3.37. The van der Waals surface area contributed by atoms with Gasteiger partial charge in [-0.2, -0.15) is 0 Å². The van der Waals surface area contributed by atoms with Crippen LogP contribution in [0.3, 0.4) is 0 Å². The van der Waals surface area contributed by atoms with Crippen LogP contribution in [0.25, 0.3) is 0 Å². The summed E-state index contributed by atoms with van der Waals surface area (Å²) in [5.74, 6) is 0. The fourth-order valence-corrected chi connectivity index (χ4v) is 2.22. The van der Waals surface area contributed by atoms with E-state index in [1.807, 2.05) is 26.1 Å². The normalized spacial score (nSPS) is 13.2. The zero-order valence-electron chi connectivity index (χ0n) is 12.1. The maximum atomic E-state index is 12.4. The molecule has 0 amide bonds. The Balaban J connectivity index is 2.56. The van der Waals surface area contributed by atoms with Crippen LogP contribution < -0.4 is 5.32 Å². The summed E-state index contributed by atoms with van der Waals surface area (Å²) in [6, 6.07) is 8.34. The van der Waals surface area contributed by atoms with Crippen molar-refractivity contribution in [3.05, 3.63) is 35.4 Å². The maximum Gasteiger partial charge on any atom is 0.251 e. The molecule has 1 rings (SSSR count). The number of alkyl halides is 2. The van der Waals surface area contributed by atoms with Crippen LogP contribution >= 0.6 is 0 Å². The minimum absolute atomic E-state index is 0.0958. The first-order chi connectivity index (χ1) is 9.56. The molecule has 0 spiro atoms. The van der Waals surface area contributed by atoms with Gasteiger partial charge in [-0.3, -0.25) is 4.90 Å². The minimum Gasteiger partial charge on any atom is -0.395 e. The van der Waals surface area contributed by atoms with Crippen molar-refractivity contribution in [3.63, 3.8) is 0 Å². The van der Waals surface area contributed by atoms with E-state index >= 15 is 0 Å². The summed E-state index contributed by atoms with van der Waals surface area (Å²) in [5.41, 5.74) is 2.35. The number of hydrogen-bond acceptors (Lipinski definition) is 3. The third kappa shape index (κ3) is 5.94. The second kappa shape index (κ2) is 9.00. The van der Waals surface area contributed by atoms with Crippen molar-refractivity contribution in [2.75, 3.05) is 33.3 Å². The molecule has 2 N–H and O–H groups in total. The second-order valence-electron chi connectivity index (χ2n) is 4.96. The summed E-state index contributed by atoms with van der Waals surface area (Å²) in [6.45, 7) is 2.47. The predicted octanol–water partition coefficient (Wildman–Crippen LogP) is 2.21. The van der Waals surface area contributed by atoms with Gasteiger partial charge in [0.1, 0.15) is 0 Å². The van der Waals surface area contributed by atoms with E-state index in [0.717, 1.165) is 12.0 Å². The highest BCUT2D eigenvalue weighted by atomic mass is 19.3. The first-order valence-electron chi connectivity index (χ1n) is 6.92. The Morgan fingerprint density at radius 2 is 1.85 bits per heavy atom. The van der Waals surface area contributed by atoms with E-state index < -0.39 is 6.43 Å². The molecule has 0 saturated heterocycles. The van der Waals surface area contributed by atoms with Crippen molar-refractivity contribution < 1.29 is 13.9 Å². The Bertz CT molecular complexity index is 371. The van der Waals surface area contributed by atoms with Gasteiger partial charge in [0.2, 0.25) is 0 Å². The highest BCUT2D eigenvalue weighted by Crippen LogP contribution is 2.17. The Hall–Kier alpha value is -1.04. The molecule has 1 atom stereocenters. The molecule has 0 aliphatic carbocycles. The van der Waals surface area contributed by atoms with Crippen LogP contribution in [0.4, 0.5) is 8.78 Å². The lowest BCUT2D eigenvalue weighted by atomic mass is 10.0. The van der Waals surface area contributed by atoms with Gasteiger partial charge in [-0.15, -0.1) is 0 Å². The fourth-order valence-electron chi connectivity index (χ4n) is 2.22. The van der Waals surface area contributed by atoms with E-state index in [0.29, 0.717) is 6.54 Å². The average Bonchev–Trinajstić information content (AvgIpc) is 2.41. The lowest BCUT2D eigenvalue weighted by Gasteiger charge is -2.24. The summed E-state index contributed by atoms with van der Waals surface area (Å²) in [7, 11) is 1.87. The maximum absolute atomic E-state index is 12.4. The molecule has 5 heteroatoms. The number of aliphatic hydroxyl groups excluding tert-OH is 1. The summed E-state index contributed by atoms with van der Waals surface area (Å²) in [4.78, 5) is 1.60. The molecule has 0 fully saturated rings. The Kier molecular flexibility index (Phi) is 7.65. The predicted molar refractivity (Wildman–Crippen MR) is 77.1 cm³/mol. The molecule has 0 saturated carbocycles. The number of hydrogen-bond donors (Lipinski definition) is 2. The van der Waals surface area contributed by atoms with Crippen molar-refractivity contribution >= 4 is 0 Å². The van der Waals surface area contributed by atoms with Gasteiger partial charge in [-0.25, -0.2) is 8.78 Å². The molecule has 0 bridgehead atoms. The largest absolute Gasteiger partial charge is 0.395 e. The zero-order chi connectivity index (χ0) is 15.0. The standard InChI is InChI=1S/C15H24F2N2O/c1-12-3-5-13(6-4-12)14(18-2)7-8-19(9-10-20)11-15(16)17/h3-6,14-15,18,20H,7-11H2,1-2H3. The molecule has 1 aromatic rings. The van der Waals surface area contributed by atoms with Crippen molar-refractivity contribution in [1.82, 2.24) is 10.2 Å². The summed E-state index contributed by atoms with van der Waals surface area (Å²) in [5, 5.41) is 12.1.